The molecule has 0 spiro atoms. The van der Waals surface area contributed by atoms with Crippen LogP contribution in [0.2, 0.25) is 0 Å². The van der Waals surface area contributed by atoms with Gasteiger partial charge in [-0.25, -0.2) is 0 Å². The number of carbonyl (C=O) groups excluding carboxylic acids is 2. The van der Waals surface area contributed by atoms with Crippen molar-refractivity contribution in [3.05, 3.63) is 70.6 Å². The molecule has 29 heavy (non-hydrogen) atoms. The number of anilines is 1. The Kier molecular flexibility index (Phi) is 5.74. The van der Waals surface area contributed by atoms with Gasteiger partial charge in [0, 0.05) is 35.7 Å². The van der Waals surface area contributed by atoms with Gasteiger partial charge in [0.1, 0.15) is 5.70 Å². The fraction of sp³-hybridized carbons (Fsp3) is 0.217. The van der Waals surface area contributed by atoms with Crippen molar-refractivity contribution in [2.24, 2.45) is 0 Å². The first-order valence-electron chi connectivity index (χ1n) is 9.67. The van der Waals surface area contributed by atoms with Crippen LogP contribution in [0.15, 0.2) is 65.7 Å². The fourth-order valence-electron chi connectivity index (χ4n) is 3.48. The molecule has 0 saturated heterocycles. The monoisotopic (exact) mass is 406 g/mol. The van der Waals surface area contributed by atoms with Gasteiger partial charge < -0.3 is 10.1 Å². The quantitative estimate of drug-likeness (QED) is 0.441. The van der Waals surface area contributed by atoms with E-state index >= 15 is 0 Å². The van der Waals surface area contributed by atoms with Gasteiger partial charge in [0.25, 0.3) is 11.8 Å². The Hall–Kier alpha value is -2.96. The summed E-state index contributed by atoms with van der Waals surface area (Å²) in [7, 11) is 0. The standard InChI is InChI=1S/C23H22N2O3S/c1-2-28-14-7-13-25-22(26)20(19-12-6-15-29-19)21(23(25)27)24-18-11-5-9-16-8-3-4-10-17(16)18/h3-6,8-12,15,24H,2,7,13-14H2,1H3. The largest absolute Gasteiger partial charge is 0.382 e. The Morgan fingerprint density at radius 1 is 1.00 bits per heavy atom. The number of hydrogen-bond acceptors (Lipinski definition) is 5. The van der Waals surface area contributed by atoms with E-state index in [1.165, 1.54) is 16.2 Å². The van der Waals surface area contributed by atoms with E-state index in [1.807, 2.05) is 66.9 Å². The molecule has 1 aliphatic rings. The van der Waals surface area contributed by atoms with Crippen molar-refractivity contribution in [2.75, 3.05) is 25.1 Å². The van der Waals surface area contributed by atoms with E-state index in [4.69, 9.17) is 4.74 Å². The van der Waals surface area contributed by atoms with Gasteiger partial charge >= 0.3 is 0 Å². The number of amides is 2. The van der Waals surface area contributed by atoms with Crippen LogP contribution in [0.3, 0.4) is 0 Å². The van der Waals surface area contributed by atoms with Crippen LogP contribution >= 0.6 is 11.3 Å². The molecular formula is C23H22N2O3S. The Labute approximate surface area is 173 Å². The minimum Gasteiger partial charge on any atom is -0.382 e. The summed E-state index contributed by atoms with van der Waals surface area (Å²) in [6.07, 6.45) is 0.616. The van der Waals surface area contributed by atoms with Gasteiger partial charge in [-0.1, -0.05) is 42.5 Å². The molecule has 0 aliphatic carbocycles. The number of nitrogens with one attached hydrogen (secondary N) is 1. The molecule has 148 valence electrons. The lowest BCUT2D eigenvalue weighted by Crippen LogP contribution is -2.34. The molecule has 0 unspecified atom stereocenters. The van der Waals surface area contributed by atoms with Crippen LogP contribution in [0.4, 0.5) is 5.69 Å². The van der Waals surface area contributed by atoms with Crippen LogP contribution in [0, 0.1) is 0 Å². The minimum absolute atomic E-state index is 0.253. The first kappa shape index (κ1) is 19.4. The summed E-state index contributed by atoms with van der Waals surface area (Å²) in [6.45, 7) is 3.41. The average molecular weight is 407 g/mol. The Morgan fingerprint density at radius 3 is 2.62 bits per heavy atom. The van der Waals surface area contributed by atoms with E-state index in [1.54, 1.807) is 0 Å². The number of hydrogen-bond donors (Lipinski definition) is 1. The lowest BCUT2D eigenvalue weighted by molar-refractivity contribution is -0.137. The van der Waals surface area contributed by atoms with E-state index in [2.05, 4.69) is 5.32 Å². The molecular weight excluding hydrogens is 384 g/mol. The van der Waals surface area contributed by atoms with Crippen molar-refractivity contribution in [2.45, 2.75) is 13.3 Å². The summed E-state index contributed by atoms with van der Waals surface area (Å²) >= 11 is 1.46. The minimum atomic E-state index is -0.289. The number of benzene rings is 2. The number of thiophene rings is 1. The maximum atomic E-state index is 13.2. The van der Waals surface area contributed by atoms with Crippen molar-refractivity contribution < 1.29 is 14.3 Å². The Balaban J connectivity index is 1.69. The topological polar surface area (TPSA) is 58.6 Å². The molecule has 6 heteroatoms. The Morgan fingerprint density at radius 2 is 1.83 bits per heavy atom. The number of nitrogens with zero attached hydrogens (tertiary/aromatic N) is 1. The van der Waals surface area contributed by atoms with Gasteiger partial charge in [0.05, 0.1) is 5.57 Å². The summed E-state index contributed by atoms with van der Waals surface area (Å²) in [5.41, 5.74) is 1.59. The first-order chi connectivity index (χ1) is 14.2. The maximum Gasteiger partial charge on any atom is 0.278 e. The highest BCUT2D eigenvalue weighted by Crippen LogP contribution is 2.34. The SMILES string of the molecule is CCOCCCN1C(=O)C(Nc2cccc3ccccc23)=C(c2cccs2)C1=O. The van der Waals surface area contributed by atoms with Gasteiger partial charge in [-0.05, 0) is 36.2 Å². The van der Waals surface area contributed by atoms with Crippen LogP contribution < -0.4 is 5.32 Å². The molecule has 1 aliphatic heterocycles. The highest BCUT2D eigenvalue weighted by atomic mass is 32.1. The smallest absolute Gasteiger partial charge is 0.278 e. The summed E-state index contributed by atoms with van der Waals surface area (Å²) < 4.78 is 5.36. The fourth-order valence-corrected chi connectivity index (χ4v) is 4.25. The third-order valence-corrected chi connectivity index (χ3v) is 5.75. The lowest BCUT2D eigenvalue weighted by atomic mass is 10.1. The van der Waals surface area contributed by atoms with Gasteiger partial charge in [0.2, 0.25) is 0 Å². The van der Waals surface area contributed by atoms with Gasteiger partial charge in [-0.3, -0.25) is 14.5 Å². The molecule has 4 rings (SSSR count). The summed E-state index contributed by atoms with van der Waals surface area (Å²) in [5.74, 6) is -0.542. The summed E-state index contributed by atoms with van der Waals surface area (Å²) in [5, 5.41) is 7.26. The van der Waals surface area contributed by atoms with Gasteiger partial charge in [-0.2, -0.15) is 0 Å². The second-order valence-electron chi connectivity index (χ2n) is 6.69. The predicted molar refractivity (Wildman–Crippen MR) is 117 cm³/mol. The van der Waals surface area contributed by atoms with E-state index in [0.29, 0.717) is 37.4 Å². The van der Waals surface area contributed by atoms with Crippen molar-refractivity contribution in [1.82, 2.24) is 4.90 Å². The number of rotatable bonds is 8. The molecule has 2 amide bonds. The highest BCUT2D eigenvalue weighted by Gasteiger charge is 2.39. The normalized spacial score (nSPS) is 14.3. The molecule has 2 heterocycles. The average Bonchev–Trinajstić information content (AvgIpc) is 3.34. The number of fused-ring (bicyclic) bond motifs is 1. The molecule has 1 aromatic heterocycles. The molecule has 3 aromatic rings. The van der Waals surface area contributed by atoms with Gasteiger partial charge in [-0.15, -0.1) is 11.3 Å². The molecule has 0 bridgehead atoms. The molecule has 0 saturated carbocycles. The van der Waals surface area contributed by atoms with Crippen LogP contribution in [-0.4, -0.2) is 36.5 Å². The van der Waals surface area contributed by atoms with Gasteiger partial charge in [0.15, 0.2) is 0 Å². The maximum absolute atomic E-state index is 13.2. The number of carbonyl (C=O) groups is 2. The van der Waals surface area contributed by atoms with Crippen molar-refractivity contribution in [3.63, 3.8) is 0 Å². The van der Waals surface area contributed by atoms with Crippen LogP contribution in [0.1, 0.15) is 18.2 Å². The van der Waals surface area contributed by atoms with Crippen LogP contribution in [-0.2, 0) is 14.3 Å². The Bertz CT molecular complexity index is 1070. The van der Waals surface area contributed by atoms with Crippen LogP contribution in [0.25, 0.3) is 16.3 Å². The van der Waals surface area contributed by atoms with Crippen molar-refractivity contribution in [3.8, 4) is 0 Å². The zero-order valence-electron chi connectivity index (χ0n) is 16.2. The highest BCUT2D eigenvalue weighted by molar-refractivity contribution is 7.11. The molecule has 0 radical (unpaired) electrons. The second kappa shape index (κ2) is 8.59. The van der Waals surface area contributed by atoms with E-state index < -0.39 is 0 Å². The third kappa shape index (κ3) is 3.81. The molecule has 0 atom stereocenters. The predicted octanol–water partition coefficient (Wildman–Crippen LogP) is 4.52. The van der Waals surface area contributed by atoms with E-state index in [0.717, 1.165) is 21.3 Å². The van der Waals surface area contributed by atoms with E-state index in [9.17, 15) is 9.59 Å². The zero-order valence-corrected chi connectivity index (χ0v) is 17.0. The zero-order chi connectivity index (χ0) is 20.2. The van der Waals surface area contributed by atoms with Crippen molar-refractivity contribution >= 4 is 45.2 Å². The lowest BCUT2D eigenvalue weighted by Gasteiger charge is -2.15. The number of ether oxygens (including phenoxy) is 1. The number of imide groups is 1. The van der Waals surface area contributed by atoms with Crippen LogP contribution in [0.5, 0.6) is 0 Å². The summed E-state index contributed by atoms with van der Waals surface area (Å²) in [6, 6.07) is 17.6. The first-order valence-corrected chi connectivity index (χ1v) is 10.6. The molecule has 5 nitrogen and oxygen atoms in total. The summed E-state index contributed by atoms with van der Waals surface area (Å²) in [4.78, 5) is 28.4. The third-order valence-electron chi connectivity index (χ3n) is 4.86. The second-order valence-corrected chi connectivity index (χ2v) is 7.64. The molecule has 2 aromatic carbocycles. The van der Waals surface area contributed by atoms with E-state index in [-0.39, 0.29) is 11.8 Å². The molecule has 1 N–H and O–H groups in total. The molecule has 0 fully saturated rings. The van der Waals surface area contributed by atoms with Crippen molar-refractivity contribution in [1.29, 1.82) is 0 Å².